The normalized spacial score (nSPS) is 30.3. The zero-order valence-electron chi connectivity index (χ0n) is 10.7. The van der Waals surface area contributed by atoms with Crippen molar-refractivity contribution >= 4 is 5.97 Å². The van der Waals surface area contributed by atoms with Crippen LogP contribution in [0.4, 0.5) is 0 Å². The van der Waals surface area contributed by atoms with E-state index in [9.17, 15) is 9.90 Å². The summed E-state index contributed by atoms with van der Waals surface area (Å²) in [6.45, 7) is 2.79. The summed E-state index contributed by atoms with van der Waals surface area (Å²) >= 11 is 0. The number of nitrogens with zero attached hydrogens (tertiary/aromatic N) is 1. The van der Waals surface area contributed by atoms with Gasteiger partial charge in [0.15, 0.2) is 0 Å². The number of likely N-dealkylation sites (tertiary alicyclic amines) is 1. The summed E-state index contributed by atoms with van der Waals surface area (Å²) < 4.78 is 0. The van der Waals surface area contributed by atoms with Gasteiger partial charge in [0.1, 0.15) is 5.54 Å². The van der Waals surface area contributed by atoms with Crippen LogP contribution in [0.3, 0.4) is 0 Å². The summed E-state index contributed by atoms with van der Waals surface area (Å²) in [5, 5.41) is 9.73. The van der Waals surface area contributed by atoms with Crippen LogP contribution in [-0.4, -0.2) is 28.6 Å². The highest BCUT2D eigenvalue weighted by Crippen LogP contribution is 2.44. The molecule has 96 valence electrons. The molecular formula is C15H19NO2. The summed E-state index contributed by atoms with van der Waals surface area (Å²) in [6.07, 6.45) is 3.60. The predicted molar refractivity (Wildman–Crippen MR) is 69.3 cm³/mol. The van der Waals surface area contributed by atoms with Gasteiger partial charge < -0.3 is 5.11 Å². The molecule has 3 heteroatoms. The van der Waals surface area contributed by atoms with Crippen molar-refractivity contribution in [2.75, 3.05) is 6.54 Å². The SMILES string of the molecule is CC(C(=O)O)(c1ccccc1)N1CC2CCC1C2. The van der Waals surface area contributed by atoms with Crippen molar-refractivity contribution in [2.45, 2.75) is 37.8 Å². The van der Waals surface area contributed by atoms with E-state index in [1.807, 2.05) is 37.3 Å². The number of carboxylic acids is 1. The van der Waals surface area contributed by atoms with E-state index in [1.165, 1.54) is 12.8 Å². The quantitative estimate of drug-likeness (QED) is 0.889. The van der Waals surface area contributed by atoms with Gasteiger partial charge in [0.25, 0.3) is 0 Å². The van der Waals surface area contributed by atoms with Crippen LogP contribution < -0.4 is 0 Å². The molecule has 0 aromatic heterocycles. The van der Waals surface area contributed by atoms with E-state index in [-0.39, 0.29) is 0 Å². The van der Waals surface area contributed by atoms with Crippen LogP contribution in [0.25, 0.3) is 0 Å². The van der Waals surface area contributed by atoms with Crippen LogP contribution >= 0.6 is 0 Å². The van der Waals surface area contributed by atoms with Crippen molar-refractivity contribution in [1.82, 2.24) is 4.90 Å². The first kappa shape index (κ1) is 11.7. The lowest BCUT2D eigenvalue weighted by Gasteiger charge is -2.41. The maximum absolute atomic E-state index is 11.8. The molecule has 3 nitrogen and oxygen atoms in total. The number of carbonyl (C=O) groups is 1. The Hall–Kier alpha value is -1.35. The zero-order chi connectivity index (χ0) is 12.8. The molecule has 0 spiro atoms. The Morgan fingerprint density at radius 1 is 1.33 bits per heavy atom. The molecule has 0 radical (unpaired) electrons. The van der Waals surface area contributed by atoms with Crippen molar-refractivity contribution < 1.29 is 9.90 Å². The molecule has 3 unspecified atom stereocenters. The number of fused-ring (bicyclic) bond motifs is 2. The minimum absolute atomic E-state index is 0.455. The number of benzene rings is 1. The van der Waals surface area contributed by atoms with Gasteiger partial charge in [0.2, 0.25) is 0 Å². The molecule has 1 aromatic carbocycles. The van der Waals surface area contributed by atoms with Gasteiger partial charge >= 0.3 is 5.97 Å². The summed E-state index contributed by atoms with van der Waals surface area (Å²) in [5.74, 6) is -0.0290. The molecular weight excluding hydrogens is 226 g/mol. The molecule has 0 amide bonds. The Morgan fingerprint density at radius 3 is 2.56 bits per heavy atom. The van der Waals surface area contributed by atoms with Crippen molar-refractivity contribution in [1.29, 1.82) is 0 Å². The van der Waals surface area contributed by atoms with Crippen LogP contribution in [0.1, 0.15) is 31.7 Å². The molecule has 2 aliphatic rings. The fourth-order valence-corrected chi connectivity index (χ4v) is 3.65. The standard InChI is InChI=1S/C15H19NO2/c1-15(14(17)18,12-5-3-2-4-6-12)16-10-11-7-8-13(16)9-11/h2-6,11,13H,7-10H2,1H3,(H,17,18). The van der Waals surface area contributed by atoms with E-state index in [0.717, 1.165) is 18.5 Å². The second kappa shape index (κ2) is 4.09. The van der Waals surface area contributed by atoms with Gasteiger partial charge in [0, 0.05) is 12.6 Å². The van der Waals surface area contributed by atoms with Crippen molar-refractivity contribution in [2.24, 2.45) is 5.92 Å². The molecule has 1 saturated heterocycles. The van der Waals surface area contributed by atoms with E-state index in [0.29, 0.717) is 12.0 Å². The highest BCUT2D eigenvalue weighted by molar-refractivity contribution is 5.80. The van der Waals surface area contributed by atoms with Crippen LogP contribution in [0, 0.1) is 5.92 Å². The van der Waals surface area contributed by atoms with Crippen molar-refractivity contribution in [3.05, 3.63) is 35.9 Å². The Balaban J connectivity index is 2.00. The fourth-order valence-electron chi connectivity index (χ4n) is 3.65. The molecule has 1 aliphatic carbocycles. The molecule has 1 N–H and O–H groups in total. The van der Waals surface area contributed by atoms with Gasteiger partial charge in [-0.3, -0.25) is 4.90 Å². The van der Waals surface area contributed by atoms with Crippen LogP contribution in [0.15, 0.2) is 30.3 Å². The molecule has 1 heterocycles. The molecule has 3 atom stereocenters. The smallest absolute Gasteiger partial charge is 0.328 e. The van der Waals surface area contributed by atoms with Gasteiger partial charge in [-0.2, -0.15) is 0 Å². The first-order valence-electron chi connectivity index (χ1n) is 6.68. The average Bonchev–Trinajstić information content (AvgIpc) is 3.01. The van der Waals surface area contributed by atoms with E-state index < -0.39 is 11.5 Å². The molecule has 1 aliphatic heterocycles. The highest BCUT2D eigenvalue weighted by Gasteiger charge is 2.50. The van der Waals surface area contributed by atoms with Crippen LogP contribution in [0.2, 0.25) is 0 Å². The lowest BCUT2D eigenvalue weighted by atomic mass is 9.88. The van der Waals surface area contributed by atoms with Crippen molar-refractivity contribution in [3.8, 4) is 0 Å². The number of hydrogen-bond acceptors (Lipinski definition) is 2. The van der Waals surface area contributed by atoms with Gasteiger partial charge in [0.05, 0.1) is 0 Å². The maximum Gasteiger partial charge on any atom is 0.328 e. The van der Waals surface area contributed by atoms with Gasteiger partial charge in [-0.05, 0) is 37.7 Å². The Kier molecular flexibility index (Phi) is 2.67. The third-order valence-electron chi connectivity index (χ3n) is 4.74. The first-order chi connectivity index (χ1) is 8.62. The molecule has 18 heavy (non-hydrogen) atoms. The van der Waals surface area contributed by atoms with E-state index in [2.05, 4.69) is 4.90 Å². The number of hydrogen-bond donors (Lipinski definition) is 1. The lowest BCUT2D eigenvalue weighted by Crippen LogP contribution is -2.53. The van der Waals surface area contributed by atoms with Gasteiger partial charge in [-0.25, -0.2) is 4.79 Å². The summed E-state index contributed by atoms with van der Waals surface area (Å²) in [5.41, 5.74) is 0.0197. The lowest BCUT2D eigenvalue weighted by molar-refractivity contribution is -0.152. The minimum Gasteiger partial charge on any atom is -0.480 e. The van der Waals surface area contributed by atoms with Crippen LogP contribution in [-0.2, 0) is 10.3 Å². The molecule has 3 rings (SSSR count). The van der Waals surface area contributed by atoms with E-state index >= 15 is 0 Å². The topological polar surface area (TPSA) is 40.5 Å². The Labute approximate surface area is 107 Å². The number of aliphatic carboxylic acids is 1. The van der Waals surface area contributed by atoms with Gasteiger partial charge in [-0.1, -0.05) is 30.3 Å². The largest absolute Gasteiger partial charge is 0.480 e. The number of piperidine rings is 1. The minimum atomic E-state index is -0.874. The van der Waals surface area contributed by atoms with Gasteiger partial charge in [-0.15, -0.1) is 0 Å². The predicted octanol–water partition coefficient (Wildman–Crippen LogP) is 2.47. The first-order valence-corrected chi connectivity index (χ1v) is 6.68. The Morgan fingerprint density at radius 2 is 2.06 bits per heavy atom. The molecule has 2 bridgehead atoms. The van der Waals surface area contributed by atoms with Crippen LogP contribution in [0.5, 0.6) is 0 Å². The summed E-state index contributed by atoms with van der Waals surface area (Å²) in [4.78, 5) is 14.1. The molecule has 2 fully saturated rings. The average molecular weight is 245 g/mol. The number of carboxylic acid groups (broad SMARTS) is 1. The summed E-state index contributed by atoms with van der Waals surface area (Å²) in [6, 6.07) is 10.1. The third-order valence-corrected chi connectivity index (χ3v) is 4.74. The second-order valence-corrected chi connectivity index (χ2v) is 5.73. The molecule has 1 aromatic rings. The second-order valence-electron chi connectivity index (χ2n) is 5.73. The van der Waals surface area contributed by atoms with Crippen molar-refractivity contribution in [3.63, 3.8) is 0 Å². The maximum atomic E-state index is 11.8. The monoisotopic (exact) mass is 245 g/mol. The van der Waals surface area contributed by atoms with E-state index in [4.69, 9.17) is 0 Å². The third kappa shape index (κ3) is 1.57. The zero-order valence-corrected chi connectivity index (χ0v) is 10.7. The fraction of sp³-hybridized carbons (Fsp3) is 0.533. The Bertz CT molecular complexity index is 459. The van der Waals surface area contributed by atoms with E-state index in [1.54, 1.807) is 0 Å². The highest BCUT2D eigenvalue weighted by atomic mass is 16.4. The number of rotatable bonds is 3. The molecule has 1 saturated carbocycles. The summed E-state index contributed by atoms with van der Waals surface area (Å²) in [7, 11) is 0.